The molecule has 1 amide bonds. The molecule has 2 N–H and O–H groups in total. The van der Waals surface area contributed by atoms with E-state index in [0.717, 1.165) is 0 Å². The quantitative estimate of drug-likeness (QED) is 0.287. The molecule has 0 saturated carbocycles. The maximum atomic E-state index is 16.8. The molecule has 4 aliphatic rings. The number of hydrogen-bond donors (Lipinski definition) is 2. The number of rotatable bonds is 3. The van der Waals surface area contributed by atoms with Crippen molar-refractivity contribution in [1.29, 1.82) is 0 Å². The van der Waals surface area contributed by atoms with Crippen LogP contribution in [-0.2, 0) is 11.2 Å². The Hall–Kier alpha value is -4.46. The monoisotopic (exact) mass is 654 g/mol. The molecule has 6 bridgehead atoms. The number of ether oxygens (including phenoxy) is 2. The number of pyridine rings is 1. The van der Waals surface area contributed by atoms with Crippen LogP contribution in [0.5, 0.6) is 11.8 Å². The molecule has 0 aliphatic carbocycles. The number of anilines is 1. The molecule has 4 atom stereocenters. The van der Waals surface area contributed by atoms with E-state index in [1.807, 2.05) is 4.90 Å². The van der Waals surface area contributed by atoms with E-state index in [1.54, 1.807) is 18.9 Å². The number of nitrogens with one attached hydrogen (secondary N) is 1. The number of halogens is 4. The van der Waals surface area contributed by atoms with Gasteiger partial charge in [0.05, 0.1) is 24.1 Å². The van der Waals surface area contributed by atoms with E-state index >= 15 is 13.2 Å². The largest absolute Gasteiger partial charge is 0.508 e. The third-order valence-corrected chi connectivity index (χ3v) is 9.23. The van der Waals surface area contributed by atoms with Crippen LogP contribution in [0, 0.1) is 11.6 Å². The predicted octanol–water partition coefficient (Wildman–Crippen LogP) is 5.23. The number of nitrogens with zero attached hydrogens (tertiary/aromatic N) is 5. The van der Waals surface area contributed by atoms with Gasteiger partial charge in [-0.2, -0.15) is 9.97 Å². The van der Waals surface area contributed by atoms with Crippen molar-refractivity contribution in [3.63, 3.8) is 0 Å². The second-order valence-electron chi connectivity index (χ2n) is 13.0. The van der Waals surface area contributed by atoms with Crippen LogP contribution >= 0.6 is 0 Å². The van der Waals surface area contributed by atoms with Gasteiger partial charge in [0.2, 0.25) is 0 Å². The molecule has 4 aromatic rings. The maximum Gasteiger partial charge on any atom is 0.407 e. The van der Waals surface area contributed by atoms with Gasteiger partial charge in [-0.05, 0) is 67.8 Å². The van der Waals surface area contributed by atoms with Gasteiger partial charge in [0.1, 0.15) is 47.5 Å². The first-order valence-corrected chi connectivity index (χ1v) is 15.6. The molecule has 47 heavy (non-hydrogen) atoms. The lowest BCUT2D eigenvalue weighted by Crippen LogP contribution is -2.60. The molecule has 0 unspecified atom stereocenters. The molecule has 2 saturated heterocycles. The van der Waals surface area contributed by atoms with Crippen molar-refractivity contribution in [3.05, 3.63) is 47.7 Å². The van der Waals surface area contributed by atoms with E-state index < -0.39 is 35.6 Å². The van der Waals surface area contributed by atoms with Crippen molar-refractivity contribution >= 4 is 33.6 Å². The number of likely N-dealkylation sites (tertiary alicyclic amines) is 1. The highest BCUT2D eigenvalue weighted by molar-refractivity contribution is 6.01. The fourth-order valence-electron chi connectivity index (χ4n) is 7.11. The highest BCUT2D eigenvalue weighted by Crippen LogP contribution is 2.40. The lowest BCUT2D eigenvalue weighted by molar-refractivity contribution is 0.120. The first kappa shape index (κ1) is 31.2. The van der Waals surface area contributed by atoms with Gasteiger partial charge in [-0.15, -0.1) is 0 Å². The highest BCUT2D eigenvalue weighted by atomic mass is 19.1. The molecule has 248 valence electrons. The molecule has 2 fully saturated rings. The number of alkyl carbamates (subject to hydrolysis) is 1. The van der Waals surface area contributed by atoms with E-state index in [9.17, 15) is 14.3 Å². The van der Waals surface area contributed by atoms with E-state index in [-0.39, 0.29) is 110 Å². The smallest absolute Gasteiger partial charge is 0.407 e. The number of carbonyl (C=O) groups is 1. The van der Waals surface area contributed by atoms with Crippen molar-refractivity contribution in [1.82, 2.24) is 25.2 Å². The first-order chi connectivity index (χ1) is 22.5. The summed E-state index contributed by atoms with van der Waals surface area (Å²) in [5.74, 6) is -1.48. The van der Waals surface area contributed by atoms with E-state index in [0.29, 0.717) is 10.8 Å². The third-order valence-electron chi connectivity index (χ3n) is 9.23. The zero-order chi connectivity index (χ0) is 33.0. The van der Waals surface area contributed by atoms with Crippen LogP contribution in [0.4, 0.5) is 28.2 Å². The van der Waals surface area contributed by atoms with Crippen LogP contribution in [0.1, 0.15) is 31.7 Å². The Bertz CT molecular complexity index is 1880. The number of aryl methyl sites for hydroxylation is 1. The number of aromatic nitrogens is 3. The lowest BCUT2D eigenvalue weighted by Gasteiger charge is -2.42. The minimum absolute atomic E-state index is 0.00778. The Balaban J connectivity index is 1.44. The fraction of sp³-hybridized carbons (Fsp3) is 0.455. The van der Waals surface area contributed by atoms with E-state index in [2.05, 4.69) is 20.3 Å². The van der Waals surface area contributed by atoms with Gasteiger partial charge in [0, 0.05) is 37.3 Å². The van der Waals surface area contributed by atoms with Crippen LogP contribution in [0.15, 0.2) is 30.5 Å². The fourth-order valence-corrected chi connectivity index (χ4v) is 7.11. The Kier molecular flexibility index (Phi) is 7.93. The molecule has 14 heteroatoms. The SMILES string of the molecule is CN1C[C@@H](F)C[C@H]1COc1nc2c3cnc(c(F)c3n1)-c1cc(O)cc3ccc(F)c(c13)CCCOC(=O)N[C@]1(C)C[C@@H](F)CN2C1. The summed E-state index contributed by atoms with van der Waals surface area (Å²) < 4.78 is 73.0. The van der Waals surface area contributed by atoms with Gasteiger partial charge < -0.3 is 24.8 Å². The number of piperidine rings is 1. The maximum absolute atomic E-state index is 16.8. The second-order valence-corrected chi connectivity index (χ2v) is 13.0. The zero-order valence-corrected chi connectivity index (χ0v) is 25.9. The Morgan fingerprint density at radius 1 is 1.17 bits per heavy atom. The number of fused-ring (bicyclic) bond motifs is 6. The summed E-state index contributed by atoms with van der Waals surface area (Å²) in [4.78, 5) is 29.7. The highest BCUT2D eigenvalue weighted by Gasteiger charge is 2.40. The number of likely N-dealkylation sites (N-methyl/N-ethyl adjacent to an activating group) is 1. The summed E-state index contributed by atoms with van der Waals surface area (Å²) in [5.41, 5.74) is -1.11. The normalized spacial score (nSPS) is 25.3. The Morgan fingerprint density at radius 2 is 2.00 bits per heavy atom. The Labute approximate surface area is 267 Å². The van der Waals surface area contributed by atoms with Gasteiger partial charge >= 0.3 is 12.1 Å². The molecule has 4 aliphatic heterocycles. The van der Waals surface area contributed by atoms with Gasteiger partial charge in [0.25, 0.3) is 0 Å². The number of hydrogen-bond acceptors (Lipinski definition) is 9. The minimum Gasteiger partial charge on any atom is -0.508 e. The topological polar surface area (TPSA) is 113 Å². The van der Waals surface area contributed by atoms with Gasteiger partial charge in [-0.3, -0.25) is 9.88 Å². The van der Waals surface area contributed by atoms with Crippen molar-refractivity contribution in [2.75, 3.05) is 44.8 Å². The van der Waals surface area contributed by atoms with Crippen LogP contribution in [0.2, 0.25) is 0 Å². The minimum atomic E-state index is -1.39. The standard InChI is InChI=1S/C33H34F4N6O4/c1-33-11-19(35)14-43(16-33)30-24-12-38-28(27(37)29(24)39-31(40-30)47-15-20-9-18(34)13-42(20)2)23-10-21(44)8-17-5-6-25(36)22(26(17)23)4-3-7-46-32(45)41-33/h5-6,8,10,12,18-20,44H,3-4,7,9,11,13-16H2,1-2H3,(H,41,45)/t18-,19+,20-,33+/m0/s1. The molecular weight excluding hydrogens is 620 g/mol. The lowest BCUT2D eigenvalue weighted by atomic mass is 9.90. The average Bonchev–Trinajstić information content (AvgIpc) is 3.34. The van der Waals surface area contributed by atoms with Crippen molar-refractivity contribution < 1.29 is 36.9 Å². The molecule has 2 aromatic heterocycles. The van der Waals surface area contributed by atoms with Crippen LogP contribution in [-0.4, -0.2) is 94.9 Å². The number of benzene rings is 2. The summed E-state index contributed by atoms with van der Waals surface area (Å²) in [6, 6.07) is 5.03. The second kappa shape index (κ2) is 12.0. The molecule has 8 rings (SSSR count). The summed E-state index contributed by atoms with van der Waals surface area (Å²) in [7, 11) is 1.78. The van der Waals surface area contributed by atoms with Gasteiger partial charge in [0.15, 0.2) is 5.82 Å². The van der Waals surface area contributed by atoms with Crippen LogP contribution in [0.3, 0.4) is 0 Å². The van der Waals surface area contributed by atoms with E-state index in [4.69, 9.17) is 9.47 Å². The van der Waals surface area contributed by atoms with Crippen LogP contribution in [0.25, 0.3) is 32.9 Å². The van der Waals surface area contributed by atoms with Gasteiger partial charge in [-0.25, -0.2) is 22.4 Å². The molecule has 10 nitrogen and oxygen atoms in total. The number of carbonyl (C=O) groups excluding carboxylic acids is 1. The molecule has 6 heterocycles. The van der Waals surface area contributed by atoms with Crippen molar-refractivity contribution in [2.45, 2.75) is 56.5 Å². The number of amides is 1. The summed E-state index contributed by atoms with van der Waals surface area (Å²) in [5, 5.41) is 14.3. The number of alkyl halides is 2. The number of aromatic hydroxyl groups is 1. The molecule has 2 aromatic carbocycles. The number of phenols is 1. The van der Waals surface area contributed by atoms with Crippen LogP contribution < -0.4 is 15.0 Å². The molecular formula is C33H34F4N6O4. The summed E-state index contributed by atoms with van der Waals surface area (Å²) >= 11 is 0. The van der Waals surface area contributed by atoms with E-state index in [1.165, 1.54) is 30.5 Å². The third kappa shape index (κ3) is 5.94. The molecule has 0 spiro atoms. The summed E-state index contributed by atoms with van der Waals surface area (Å²) in [6.45, 7) is 1.88. The van der Waals surface area contributed by atoms with Gasteiger partial charge in [-0.1, -0.05) is 6.07 Å². The summed E-state index contributed by atoms with van der Waals surface area (Å²) in [6.07, 6.45) is -1.20. The van der Waals surface area contributed by atoms with Crippen molar-refractivity contribution in [3.8, 4) is 23.0 Å². The molecule has 0 radical (unpaired) electrons. The Morgan fingerprint density at radius 3 is 2.79 bits per heavy atom. The predicted molar refractivity (Wildman–Crippen MR) is 166 cm³/mol. The van der Waals surface area contributed by atoms with Crippen molar-refractivity contribution in [2.24, 2.45) is 0 Å². The number of phenolic OH excluding ortho intramolecular Hbond substituents is 1. The average molecular weight is 655 g/mol. The first-order valence-electron chi connectivity index (χ1n) is 15.6. The zero-order valence-electron chi connectivity index (χ0n) is 25.9.